The van der Waals surface area contributed by atoms with Gasteiger partial charge in [0, 0.05) is 30.1 Å². The van der Waals surface area contributed by atoms with Crippen molar-refractivity contribution in [2.45, 2.75) is 51.6 Å². The number of nitrogens with zero attached hydrogens (tertiary/aromatic N) is 3. The van der Waals surface area contributed by atoms with Gasteiger partial charge in [0.2, 0.25) is 5.76 Å². The van der Waals surface area contributed by atoms with Gasteiger partial charge in [-0.05, 0) is 48.7 Å². The molecule has 0 spiro atoms. The van der Waals surface area contributed by atoms with Crippen LogP contribution in [0.2, 0.25) is 0 Å². The van der Waals surface area contributed by atoms with Gasteiger partial charge in [0.1, 0.15) is 11.9 Å². The smallest absolute Gasteiger partial charge is 0.204 e. The fourth-order valence-electron chi connectivity index (χ4n) is 3.33. The van der Waals surface area contributed by atoms with Crippen LogP contribution in [0.15, 0.2) is 21.2 Å². The van der Waals surface area contributed by atoms with E-state index in [0.29, 0.717) is 17.7 Å². The van der Waals surface area contributed by atoms with Crippen molar-refractivity contribution < 1.29 is 9.52 Å². The monoisotopic (exact) mass is 422 g/mol. The van der Waals surface area contributed by atoms with Crippen LogP contribution in [0.25, 0.3) is 11.0 Å². The van der Waals surface area contributed by atoms with Crippen LogP contribution >= 0.6 is 15.9 Å². The highest BCUT2D eigenvalue weighted by Crippen LogP contribution is 2.33. The summed E-state index contributed by atoms with van der Waals surface area (Å²) in [7, 11) is 2.08. The van der Waals surface area contributed by atoms with Crippen molar-refractivity contribution in [3.63, 3.8) is 0 Å². The number of aliphatic hydroxyl groups excluding tert-OH is 1. The zero-order valence-electron chi connectivity index (χ0n) is 15.6. The van der Waals surface area contributed by atoms with Gasteiger partial charge in [-0.3, -0.25) is 0 Å². The topological polar surface area (TPSA) is 85.3 Å². The van der Waals surface area contributed by atoms with Crippen molar-refractivity contribution in [1.29, 1.82) is 5.26 Å². The largest absolute Gasteiger partial charge is 0.444 e. The quantitative estimate of drug-likeness (QED) is 0.752. The number of halogens is 1. The van der Waals surface area contributed by atoms with Crippen LogP contribution in [0.3, 0.4) is 0 Å². The average molecular weight is 423 g/mol. The normalized spacial score (nSPS) is 19.7. The second kappa shape index (κ2) is 9.91. The van der Waals surface area contributed by atoms with Crippen molar-refractivity contribution in [2.24, 2.45) is 0 Å². The molecule has 142 valence electrons. The van der Waals surface area contributed by atoms with Gasteiger partial charge in [0.25, 0.3) is 0 Å². The predicted octanol–water partition coefficient (Wildman–Crippen LogP) is 4.14. The van der Waals surface area contributed by atoms with Crippen LogP contribution in [-0.2, 0) is 0 Å². The van der Waals surface area contributed by atoms with E-state index in [1.807, 2.05) is 19.9 Å². The van der Waals surface area contributed by atoms with Gasteiger partial charge in [0.05, 0.1) is 17.3 Å². The standard InChI is InChI=1S/C17H21BrN4O2.C2H6/c1-22(6-7-23)12-4-2-11(3-5-12)21-17-16(18)14-8-13(9-19)24-15(14)10-20-17;1-2/h8,10-12,23H,2-7H2,1H3,(H,20,21);1-2H3. The van der Waals surface area contributed by atoms with Gasteiger partial charge >= 0.3 is 0 Å². The Bertz CT molecular complexity index is 748. The first-order valence-electron chi connectivity index (χ1n) is 9.18. The Kier molecular flexibility index (Phi) is 7.88. The summed E-state index contributed by atoms with van der Waals surface area (Å²) in [5.74, 6) is 1.08. The molecule has 6 nitrogen and oxygen atoms in total. The number of rotatable bonds is 5. The van der Waals surface area contributed by atoms with E-state index in [4.69, 9.17) is 14.8 Å². The van der Waals surface area contributed by atoms with E-state index in [0.717, 1.165) is 47.9 Å². The molecule has 2 N–H and O–H groups in total. The van der Waals surface area contributed by atoms with Crippen LogP contribution in [0, 0.1) is 11.3 Å². The van der Waals surface area contributed by atoms with Crippen LogP contribution in [-0.4, -0.2) is 47.3 Å². The van der Waals surface area contributed by atoms with Gasteiger partial charge < -0.3 is 19.7 Å². The molecule has 1 aliphatic carbocycles. The molecule has 0 bridgehead atoms. The number of nitrogens with one attached hydrogen (secondary N) is 1. The lowest BCUT2D eigenvalue weighted by Gasteiger charge is -2.35. The van der Waals surface area contributed by atoms with E-state index in [1.165, 1.54) is 0 Å². The first-order valence-corrected chi connectivity index (χ1v) is 9.97. The molecule has 0 unspecified atom stereocenters. The summed E-state index contributed by atoms with van der Waals surface area (Å²) in [6, 6.07) is 4.67. The number of fused-ring (bicyclic) bond motifs is 1. The minimum atomic E-state index is 0.209. The summed E-state index contributed by atoms with van der Waals surface area (Å²) in [4.78, 5) is 6.67. The number of hydrogen-bond acceptors (Lipinski definition) is 6. The second-order valence-electron chi connectivity index (χ2n) is 6.28. The number of nitriles is 1. The highest BCUT2D eigenvalue weighted by Gasteiger charge is 2.24. The van der Waals surface area contributed by atoms with Crippen molar-refractivity contribution in [1.82, 2.24) is 9.88 Å². The molecule has 0 aromatic carbocycles. The highest BCUT2D eigenvalue weighted by molar-refractivity contribution is 9.10. The van der Waals surface area contributed by atoms with Gasteiger partial charge in [-0.2, -0.15) is 5.26 Å². The van der Waals surface area contributed by atoms with Crippen LogP contribution in [0.1, 0.15) is 45.3 Å². The van der Waals surface area contributed by atoms with E-state index in [-0.39, 0.29) is 12.4 Å². The average Bonchev–Trinajstić information content (AvgIpc) is 3.11. The molecule has 1 saturated carbocycles. The van der Waals surface area contributed by atoms with Gasteiger partial charge in [-0.1, -0.05) is 13.8 Å². The summed E-state index contributed by atoms with van der Waals surface area (Å²) in [6.07, 6.45) is 6.02. The molecule has 0 saturated heterocycles. The molecule has 1 aliphatic rings. The van der Waals surface area contributed by atoms with Gasteiger partial charge in [0.15, 0.2) is 5.58 Å². The third-order valence-electron chi connectivity index (χ3n) is 4.74. The Morgan fingerprint density at radius 2 is 2.08 bits per heavy atom. The number of anilines is 1. The fourth-order valence-corrected chi connectivity index (χ4v) is 3.86. The lowest BCUT2D eigenvalue weighted by Crippen LogP contribution is -2.39. The molecule has 0 radical (unpaired) electrons. The summed E-state index contributed by atoms with van der Waals surface area (Å²) in [5.41, 5.74) is 0.610. The van der Waals surface area contributed by atoms with E-state index < -0.39 is 0 Å². The van der Waals surface area contributed by atoms with Crippen molar-refractivity contribution in [2.75, 3.05) is 25.5 Å². The predicted molar refractivity (Wildman–Crippen MR) is 107 cm³/mol. The summed E-state index contributed by atoms with van der Waals surface area (Å²) in [5, 5.41) is 22.4. The molecular formula is C19H27BrN4O2. The number of likely N-dealkylation sites (N-methyl/N-ethyl adjacent to an activating group) is 1. The molecule has 26 heavy (non-hydrogen) atoms. The third kappa shape index (κ3) is 4.76. The van der Waals surface area contributed by atoms with E-state index in [2.05, 4.69) is 38.2 Å². The zero-order valence-corrected chi connectivity index (χ0v) is 17.2. The molecule has 2 aromatic heterocycles. The Hall–Kier alpha value is -1.62. The van der Waals surface area contributed by atoms with E-state index >= 15 is 0 Å². The summed E-state index contributed by atoms with van der Waals surface area (Å²) < 4.78 is 6.24. The molecule has 1 fully saturated rings. The second-order valence-corrected chi connectivity index (χ2v) is 7.07. The van der Waals surface area contributed by atoms with E-state index in [9.17, 15) is 0 Å². The maximum atomic E-state index is 9.06. The maximum Gasteiger partial charge on any atom is 0.204 e. The van der Waals surface area contributed by atoms with Crippen molar-refractivity contribution in [3.8, 4) is 6.07 Å². The first-order chi connectivity index (χ1) is 12.6. The molecule has 0 atom stereocenters. The summed E-state index contributed by atoms with van der Waals surface area (Å²) in [6.45, 7) is 4.94. The van der Waals surface area contributed by atoms with Crippen molar-refractivity contribution in [3.05, 3.63) is 22.5 Å². The molecular weight excluding hydrogens is 396 g/mol. The highest BCUT2D eigenvalue weighted by atomic mass is 79.9. The number of pyridine rings is 1. The summed E-state index contributed by atoms with van der Waals surface area (Å²) >= 11 is 3.58. The Morgan fingerprint density at radius 3 is 2.69 bits per heavy atom. The molecule has 2 aromatic rings. The third-order valence-corrected chi connectivity index (χ3v) is 5.54. The van der Waals surface area contributed by atoms with Crippen LogP contribution in [0.5, 0.6) is 0 Å². The Morgan fingerprint density at radius 1 is 1.38 bits per heavy atom. The molecule has 2 heterocycles. The molecule has 3 rings (SSSR count). The van der Waals surface area contributed by atoms with Crippen LogP contribution < -0.4 is 5.32 Å². The molecule has 7 heteroatoms. The SMILES string of the molecule is CC.CN(CCO)C1CCC(Nc2ncc3oc(C#N)cc3c2Br)CC1. The van der Waals surface area contributed by atoms with Gasteiger partial charge in [-0.15, -0.1) is 0 Å². The number of hydrogen-bond donors (Lipinski definition) is 2. The van der Waals surface area contributed by atoms with Gasteiger partial charge in [-0.25, -0.2) is 4.98 Å². The first kappa shape index (κ1) is 20.7. The fraction of sp³-hybridized carbons (Fsp3) is 0.579. The maximum absolute atomic E-state index is 9.06. The molecule has 0 aliphatic heterocycles. The lowest BCUT2D eigenvalue weighted by atomic mass is 9.90. The lowest BCUT2D eigenvalue weighted by molar-refractivity contribution is 0.149. The van der Waals surface area contributed by atoms with Crippen LogP contribution in [0.4, 0.5) is 5.82 Å². The van der Waals surface area contributed by atoms with Crippen molar-refractivity contribution >= 4 is 32.7 Å². The Labute approximate surface area is 163 Å². The number of furan rings is 1. The van der Waals surface area contributed by atoms with E-state index in [1.54, 1.807) is 12.3 Å². The number of aromatic nitrogens is 1. The minimum Gasteiger partial charge on any atom is -0.444 e. The minimum absolute atomic E-state index is 0.209. The molecule has 0 amide bonds. The zero-order chi connectivity index (χ0) is 19.1. The Balaban J connectivity index is 0.00000117. The number of aliphatic hydroxyl groups is 1.